The molecule has 0 radical (unpaired) electrons. The van der Waals surface area contributed by atoms with E-state index >= 15 is 0 Å². The van der Waals surface area contributed by atoms with E-state index in [2.05, 4.69) is 41.6 Å². The Balaban J connectivity index is 0.00000192. The maximum absolute atomic E-state index is 12.8. The molecular weight excluding hydrogens is 332 g/mol. The fourth-order valence-corrected chi connectivity index (χ4v) is 4.49. The number of rotatable bonds is 3. The predicted molar refractivity (Wildman–Crippen MR) is 95.0 cm³/mol. The quantitative estimate of drug-likeness (QED) is 0.871. The lowest BCUT2D eigenvalue weighted by Gasteiger charge is -2.37. The van der Waals surface area contributed by atoms with Crippen molar-refractivity contribution in [1.82, 2.24) is 20.8 Å². The molecule has 0 aromatic carbocycles. The smallest absolute Gasteiger partial charge is 0.228 e. The summed E-state index contributed by atoms with van der Waals surface area (Å²) in [5.41, 5.74) is -0.168. The van der Waals surface area contributed by atoms with Crippen LogP contribution in [0.4, 0.5) is 0 Å². The molecule has 1 aromatic heterocycles. The topological polar surface area (TPSA) is 66.9 Å². The molecule has 2 heterocycles. The SMILES string of the molecule is CC(C)(C)c1nnc(CNC(=O)[C@@]23CCCC[C@H]2CNC3)s1.Cl. The third-order valence-electron chi connectivity index (χ3n) is 5.00. The molecule has 2 atom stereocenters. The highest BCUT2D eigenvalue weighted by Gasteiger charge is 2.49. The number of fused-ring (bicyclic) bond motifs is 1. The van der Waals surface area contributed by atoms with Crippen LogP contribution in [0.25, 0.3) is 0 Å². The number of aromatic nitrogens is 2. The van der Waals surface area contributed by atoms with E-state index in [0.717, 1.165) is 29.5 Å². The molecular formula is C16H27ClN4OS. The van der Waals surface area contributed by atoms with Gasteiger partial charge in [0.1, 0.15) is 10.0 Å². The van der Waals surface area contributed by atoms with Crippen LogP contribution in [0.15, 0.2) is 0 Å². The zero-order valence-corrected chi connectivity index (χ0v) is 15.8. The van der Waals surface area contributed by atoms with Gasteiger partial charge in [-0.1, -0.05) is 44.9 Å². The van der Waals surface area contributed by atoms with E-state index in [-0.39, 0.29) is 29.1 Å². The van der Waals surface area contributed by atoms with Gasteiger partial charge in [0.25, 0.3) is 0 Å². The number of carbonyl (C=O) groups excluding carboxylic acids is 1. The molecule has 1 aliphatic carbocycles. The zero-order chi connectivity index (χ0) is 15.8. The number of halogens is 1. The van der Waals surface area contributed by atoms with E-state index in [0.29, 0.717) is 12.5 Å². The summed E-state index contributed by atoms with van der Waals surface area (Å²) in [6, 6.07) is 0. The molecule has 1 aliphatic heterocycles. The molecule has 130 valence electrons. The van der Waals surface area contributed by atoms with Crippen molar-refractivity contribution in [3.63, 3.8) is 0 Å². The molecule has 1 aromatic rings. The summed E-state index contributed by atoms with van der Waals surface area (Å²) in [5.74, 6) is 0.704. The molecule has 0 unspecified atom stereocenters. The second-order valence-corrected chi connectivity index (χ2v) is 8.73. The highest BCUT2D eigenvalue weighted by atomic mass is 35.5. The number of carbonyl (C=O) groups is 1. The van der Waals surface area contributed by atoms with Gasteiger partial charge in [0.2, 0.25) is 5.91 Å². The third-order valence-corrected chi connectivity index (χ3v) is 6.35. The van der Waals surface area contributed by atoms with E-state index in [9.17, 15) is 4.79 Å². The second-order valence-electron chi connectivity index (χ2n) is 7.66. The minimum absolute atomic E-state index is 0. The molecule has 23 heavy (non-hydrogen) atoms. The van der Waals surface area contributed by atoms with Crippen molar-refractivity contribution >= 4 is 29.7 Å². The van der Waals surface area contributed by atoms with Gasteiger partial charge in [-0.15, -0.1) is 22.6 Å². The van der Waals surface area contributed by atoms with Gasteiger partial charge in [0.15, 0.2) is 0 Å². The number of nitrogens with one attached hydrogen (secondary N) is 2. The van der Waals surface area contributed by atoms with Gasteiger partial charge in [0, 0.05) is 12.0 Å². The molecule has 2 fully saturated rings. The Bertz CT molecular complexity index is 557. The van der Waals surface area contributed by atoms with Gasteiger partial charge in [0.05, 0.1) is 12.0 Å². The van der Waals surface area contributed by atoms with Gasteiger partial charge >= 0.3 is 0 Å². The van der Waals surface area contributed by atoms with E-state index in [1.165, 1.54) is 19.3 Å². The van der Waals surface area contributed by atoms with Gasteiger partial charge in [-0.25, -0.2) is 0 Å². The van der Waals surface area contributed by atoms with Crippen molar-refractivity contribution in [2.75, 3.05) is 13.1 Å². The molecule has 0 spiro atoms. The average Bonchev–Trinajstić information content (AvgIpc) is 3.11. The second kappa shape index (κ2) is 7.03. The standard InChI is InChI=1S/C16H26N4OS.ClH/c1-15(2,3)14-20-19-12(22-14)9-18-13(21)16-7-5-4-6-11(16)8-17-10-16;/h11,17H,4-10H2,1-3H3,(H,18,21);1H/t11-,16+;/m0./s1. The predicted octanol–water partition coefficient (Wildman–Crippen LogP) is 2.65. The Morgan fingerprint density at radius 1 is 1.39 bits per heavy atom. The Labute approximate surface area is 148 Å². The largest absolute Gasteiger partial charge is 0.349 e. The maximum Gasteiger partial charge on any atom is 0.228 e. The molecule has 2 N–H and O–H groups in total. The first-order valence-corrected chi connectivity index (χ1v) is 9.05. The first-order valence-electron chi connectivity index (χ1n) is 8.24. The highest BCUT2D eigenvalue weighted by Crippen LogP contribution is 2.43. The lowest BCUT2D eigenvalue weighted by Crippen LogP contribution is -2.47. The molecule has 1 amide bonds. The summed E-state index contributed by atoms with van der Waals surface area (Å²) in [5, 5.41) is 16.9. The summed E-state index contributed by atoms with van der Waals surface area (Å²) >= 11 is 1.60. The van der Waals surface area contributed by atoms with E-state index in [1.54, 1.807) is 11.3 Å². The average molecular weight is 359 g/mol. The summed E-state index contributed by atoms with van der Waals surface area (Å²) in [6.07, 6.45) is 4.61. The fraction of sp³-hybridized carbons (Fsp3) is 0.812. The molecule has 1 saturated carbocycles. The monoisotopic (exact) mass is 358 g/mol. The number of hydrogen-bond acceptors (Lipinski definition) is 5. The van der Waals surface area contributed by atoms with Crippen molar-refractivity contribution < 1.29 is 4.79 Å². The first kappa shape index (κ1) is 18.6. The summed E-state index contributed by atoms with van der Waals surface area (Å²) in [4.78, 5) is 12.8. The van der Waals surface area contributed by atoms with Crippen LogP contribution in [0.3, 0.4) is 0 Å². The number of hydrogen-bond donors (Lipinski definition) is 2. The van der Waals surface area contributed by atoms with Crippen LogP contribution in [-0.4, -0.2) is 29.2 Å². The molecule has 2 aliphatic rings. The van der Waals surface area contributed by atoms with Crippen LogP contribution < -0.4 is 10.6 Å². The molecule has 1 saturated heterocycles. The van der Waals surface area contributed by atoms with E-state index < -0.39 is 0 Å². The zero-order valence-electron chi connectivity index (χ0n) is 14.1. The molecule has 5 nitrogen and oxygen atoms in total. The van der Waals surface area contributed by atoms with Crippen LogP contribution in [0.5, 0.6) is 0 Å². The summed E-state index contributed by atoms with van der Waals surface area (Å²) in [7, 11) is 0. The lowest BCUT2D eigenvalue weighted by atomic mass is 9.67. The highest BCUT2D eigenvalue weighted by molar-refractivity contribution is 7.11. The van der Waals surface area contributed by atoms with E-state index in [1.807, 2.05) is 0 Å². The first-order chi connectivity index (χ1) is 10.4. The Morgan fingerprint density at radius 3 is 2.87 bits per heavy atom. The van der Waals surface area contributed by atoms with Crippen molar-refractivity contribution in [2.24, 2.45) is 11.3 Å². The van der Waals surface area contributed by atoms with Gasteiger partial charge in [-0.3, -0.25) is 4.79 Å². The third kappa shape index (κ3) is 3.69. The molecule has 7 heteroatoms. The van der Waals surface area contributed by atoms with Crippen molar-refractivity contribution in [3.8, 4) is 0 Å². The Kier molecular flexibility index (Phi) is 5.69. The van der Waals surface area contributed by atoms with Crippen molar-refractivity contribution in [1.29, 1.82) is 0 Å². The van der Waals surface area contributed by atoms with Gasteiger partial charge < -0.3 is 10.6 Å². The van der Waals surface area contributed by atoms with E-state index in [4.69, 9.17) is 0 Å². The van der Waals surface area contributed by atoms with Crippen LogP contribution >= 0.6 is 23.7 Å². The van der Waals surface area contributed by atoms with Crippen LogP contribution in [0, 0.1) is 11.3 Å². The molecule has 0 bridgehead atoms. The Hall–Kier alpha value is -0.720. The minimum Gasteiger partial charge on any atom is -0.349 e. The number of amides is 1. The summed E-state index contributed by atoms with van der Waals surface area (Å²) in [6.45, 7) is 8.71. The van der Waals surface area contributed by atoms with Crippen LogP contribution in [0.1, 0.15) is 56.5 Å². The van der Waals surface area contributed by atoms with Crippen molar-refractivity contribution in [2.45, 2.75) is 58.4 Å². The maximum atomic E-state index is 12.8. The normalized spacial score (nSPS) is 27.2. The fourth-order valence-electron chi connectivity index (χ4n) is 3.65. The number of nitrogens with zero attached hydrogens (tertiary/aromatic N) is 2. The molecule has 3 rings (SSSR count). The van der Waals surface area contributed by atoms with Gasteiger partial charge in [-0.2, -0.15) is 0 Å². The van der Waals surface area contributed by atoms with Gasteiger partial charge in [-0.05, 0) is 25.3 Å². The van der Waals surface area contributed by atoms with Crippen LogP contribution in [-0.2, 0) is 16.8 Å². The lowest BCUT2D eigenvalue weighted by molar-refractivity contribution is -0.134. The Morgan fingerprint density at radius 2 is 2.17 bits per heavy atom. The summed E-state index contributed by atoms with van der Waals surface area (Å²) < 4.78 is 0. The minimum atomic E-state index is -0.185. The van der Waals surface area contributed by atoms with Crippen LogP contribution in [0.2, 0.25) is 0 Å². The van der Waals surface area contributed by atoms with Crippen molar-refractivity contribution in [3.05, 3.63) is 10.0 Å².